The van der Waals surface area contributed by atoms with E-state index in [9.17, 15) is 118 Å². The molecule has 0 saturated carbocycles. The monoisotopic (exact) mass is 728 g/mol. The van der Waals surface area contributed by atoms with Crippen molar-refractivity contribution < 1.29 is 123 Å². The maximum atomic E-state index is 14.8. The van der Waals surface area contributed by atoms with Crippen molar-refractivity contribution in [2.45, 2.75) is 71.6 Å². The van der Waals surface area contributed by atoms with Crippen LogP contribution in [0.3, 0.4) is 0 Å². The fraction of sp³-hybridized carbons (Fsp3) is 1.00. The van der Waals surface area contributed by atoms with E-state index >= 15 is 0 Å². The number of alkyl halides is 24. The van der Waals surface area contributed by atoms with Gasteiger partial charge in [-0.05, 0) is 5.12 Å². The summed E-state index contributed by atoms with van der Waals surface area (Å²) in [4.78, 5) is 0. The fourth-order valence-corrected chi connectivity index (χ4v) is 3.80. The first-order valence-electron chi connectivity index (χ1n) is 8.80. The summed E-state index contributed by atoms with van der Waals surface area (Å²) in [6, 6.07) is -24.7. The van der Waals surface area contributed by atoms with Crippen LogP contribution in [0.15, 0.2) is 0 Å². The van der Waals surface area contributed by atoms with E-state index < -0.39 is 91.3 Å². The van der Waals surface area contributed by atoms with E-state index in [4.69, 9.17) is 4.55 Å². The molecule has 0 amide bonds. The molecule has 1 rings (SSSR count). The van der Waals surface area contributed by atoms with Gasteiger partial charge in [-0.1, -0.05) is 4.31 Å². The average molecular weight is 728 g/mol. The highest BCUT2D eigenvalue weighted by atomic mass is 32.2. The van der Waals surface area contributed by atoms with Gasteiger partial charge in [0.05, 0.1) is 0 Å². The number of halogens is 25. The Morgan fingerprint density at radius 3 is 1.02 bits per heavy atom. The quantitative estimate of drug-likeness (QED) is 0.130. The highest BCUT2D eigenvalue weighted by Crippen LogP contribution is 2.69. The molecule has 1 fully saturated rings. The smallest absolute Gasteiger partial charge is 0.273 e. The van der Waals surface area contributed by atoms with E-state index in [0.717, 1.165) is 0 Å². The molecule has 0 aromatic heterocycles. The zero-order valence-corrected chi connectivity index (χ0v) is 18.8. The van der Waals surface area contributed by atoms with Gasteiger partial charge >= 0.3 is 81.9 Å². The molecule has 1 aliphatic heterocycles. The van der Waals surface area contributed by atoms with Crippen molar-refractivity contribution in [3.05, 3.63) is 0 Å². The largest absolute Gasteiger partial charge is 0.460 e. The lowest BCUT2D eigenvalue weighted by Crippen LogP contribution is -2.88. The number of rotatable bonds is 8. The van der Waals surface area contributed by atoms with Crippen molar-refractivity contribution in [3.63, 3.8) is 0 Å². The first-order valence-corrected chi connectivity index (χ1v) is 10.2. The average Bonchev–Trinajstić information content (AvgIpc) is 2.74. The zero-order valence-electron chi connectivity index (χ0n) is 18.0. The third kappa shape index (κ3) is 4.17. The molecule has 1 atom stereocenters. The van der Waals surface area contributed by atoms with Crippen LogP contribution < -0.4 is 0 Å². The van der Waals surface area contributed by atoms with Crippen LogP contribution in [-0.2, 0) is 10.3 Å². The topological polar surface area (TPSA) is 60.9 Å². The first-order chi connectivity index (χ1) is 18.0. The summed E-state index contributed by atoms with van der Waals surface area (Å²) < 4.78 is 362. The van der Waals surface area contributed by atoms with Crippen LogP contribution in [0.5, 0.6) is 0 Å². The second-order valence-corrected chi connectivity index (χ2v) is 9.05. The molecule has 0 aromatic rings. The van der Waals surface area contributed by atoms with Gasteiger partial charge in [0.25, 0.3) is 0 Å². The predicted octanol–water partition coefficient (Wildman–Crippen LogP) is 6.74. The van der Waals surface area contributed by atoms with Crippen LogP contribution in [0, 0.1) is 0 Å². The second kappa shape index (κ2) is 9.09. The molecular formula is C12HF25N2O3S. The predicted molar refractivity (Wildman–Crippen MR) is 75.7 cm³/mol. The number of hydrogen-bond acceptors (Lipinski definition) is 3. The van der Waals surface area contributed by atoms with Crippen molar-refractivity contribution in [1.82, 2.24) is 9.43 Å². The van der Waals surface area contributed by atoms with Gasteiger partial charge in [-0.3, -0.25) is 4.55 Å². The van der Waals surface area contributed by atoms with Crippen LogP contribution in [0.4, 0.5) is 110 Å². The number of nitrogens with zero attached hydrogens (tertiary/aromatic N) is 2. The van der Waals surface area contributed by atoms with Gasteiger partial charge in [-0.2, -0.15) is 109 Å². The summed E-state index contributed by atoms with van der Waals surface area (Å²) >= 11 is 0. The molecule has 1 saturated heterocycles. The summed E-state index contributed by atoms with van der Waals surface area (Å²) in [6.45, 7) is 0. The van der Waals surface area contributed by atoms with Crippen molar-refractivity contribution in [3.8, 4) is 0 Å². The van der Waals surface area contributed by atoms with Crippen molar-refractivity contribution in [1.29, 1.82) is 0 Å². The third-order valence-corrected chi connectivity index (χ3v) is 6.10. The molecule has 1 N–H and O–H groups in total. The Morgan fingerprint density at radius 1 is 0.465 bits per heavy atom. The van der Waals surface area contributed by atoms with Gasteiger partial charge in [-0.25, -0.2) is 4.39 Å². The fourth-order valence-electron chi connectivity index (χ4n) is 2.85. The first kappa shape index (κ1) is 39.1. The van der Waals surface area contributed by atoms with Gasteiger partial charge in [0.2, 0.25) is 0 Å². The van der Waals surface area contributed by atoms with Gasteiger partial charge in [-0.15, -0.1) is 4.48 Å². The number of hydrogen-bond donors (Lipinski definition) is 1. The SMILES string of the molecule is O=S(=O)(O)N1C(F)(F)C(F)(F)N(F)C(F)(F)C1(F)C(F)(F)C(F)(F)C(F)(F)C(F)(F)C(F)(F)C(F)(F)C(F)(F)C(F)(F)F. The Balaban J connectivity index is 4.25. The molecular weight excluding hydrogens is 727 g/mol. The van der Waals surface area contributed by atoms with Crippen LogP contribution in [0.2, 0.25) is 0 Å². The molecule has 0 radical (unpaired) electrons. The van der Waals surface area contributed by atoms with Crippen LogP contribution >= 0.6 is 0 Å². The lowest BCUT2D eigenvalue weighted by molar-refractivity contribution is -0.540. The van der Waals surface area contributed by atoms with Crippen molar-refractivity contribution in [2.24, 2.45) is 0 Å². The standard InChI is InChI=1S/C12HF25N2O3S/c13-1(14,3(17,18)5(21,22)7(25,26)9(28,29)30)2(15,16)4(19,20)6(23,24)8(27)10(31,32)38(37)11(33,34)12(35,36)39(8)43(40,41)42/h(H,40,41,42). The molecule has 31 heteroatoms. The lowest BCUT2D eigenvalue weighted by Gasteiger charge is -2.54. The minimum absolute atomic E-state index is 4.67. The molecule has 1 heterocycles. The Kier molecular flexibility index (Phi) is 8.26. The minimum atomic E-state index is -9.79. The van der Waals surface area contributed by atoms with Crippen LogP contribution in [0.1, 0.15) is 0 Å². The Hall–Kier alpha value is -1.92. The molecule has 43 heavy (non-hydrogen) atoms. The minimum Gasteiger partial charge on any atom is -0.273 e. The molecule has 1 aliphatic rings. The summed E-state index contributed by atoms with van der Waals surface area (Å²) in [6.07, 6.45) is -8.25. The summed E-state index contributed by atoms with van der Waals surface area (Å²) in [5.41, 5.74) is 0. The molecule has 0 aromatic carbocycles. The highest BCUT2D eigenvalue weighted by molar-refractivity contribution is 7.83. The van der Waals surface area contributed by atoms with E-state index in [2.05, 4.69) is 0 Å². The summed E-state index contributed by atoms with van der Waals surface area (Å²) in [5, 5.41) is -4.69. The summed E-state index contributed by atoms with van der Waals surface area (Å²) in [7, 11) is -8.60. The maximum absolute atomic E-state index is 14.8. The zero-order chi connectivity index (χ0) is 35.7. The second-order valence-electron chi connectivity index (χ2n) is 7.79. The van der Waals surface area contributed by atoms with Gasteiger partial charge < -0.3 is 0 Å². The molecule has 0 aliphatic carbocycles. The van der Waals surface area contributed by atoms with Gasteiger partial charge in [0.1, 0.15) is 0 Å². The molecule has 258 valence electrons. The van der Waals surface area contributed by atoms with Crippen LogP contribution in [0.25, 0.3) is 0 Å². The highest BCUT2D eigenvalue weighted by Gasteiger charge is 3.02. The molecule has 5 nitrogen and oxygen atoms in total. The van der Waals surface area contributed by atoms with Gasteiger partial charge in [0.15, 0.2) is 0 Å². The Bertz CT molecular complexity index is 1210. The van der Waals surface area contributed by atoms with E-state index in [1.165, 1.54) is 0 Å². The van der Waals surface area contributed by atoms with E-state index in [-0.39, 0.29) is 0 Å². The van der Waals surface area contributed by atoms with E-state index in [1.807, 2.05) is 0 Å². The molecule has 0 bridgehead atoms. The summed E-state index contributed by atoms with van der Waals surface area (Å²) in [5.74, 6) is -75.5. The number of piperazine rings is 1. The van der Waals surface area contributed by atoms with Crippen LogP contribution in [-0.4, -0.2) is 94.0 Å². The van der Waals surface area contributed by atoms with E-state index in [0.29, 0.717) is 0 Å². The van der Waals surface area contributed by atoms with Crippen molar-refractivity contribution >= 4 is 10.3 Å². The normalized spacial score (nSPS) is 25.6. The lowest BCUT2D eigenvalue weighted by atomic mass is 9.85. The van der Waals surface area contributed by atoms with Gasteiger partial charge in [0, 0.05) is 0 Å². The van der Waals surface area contributed by atoms with E-state index in [1.54, 1.807) is 0 Å². The third-order valence-electron chi connectivity index (χ3n) is 5.16. The maximum Gasteiger partial charge on any atom is 0.460 e. The van der Waals surface area contributed by atoms with Crippen molar-refractivity contribution in [2.75, 3.05) is 0 Å². The Morgan fingerprint density at radius 2 is 0.744 bits per heavy atom. The Labute approximate surface area is 215 Å². The molecule has 0 spiro atoms. The molecule has 1 unspecified atom stereocenters.